The molecular weight excluding hydrogens is 228 g/mol. The predicted molar refractivity (Wildman–Crippen MR) is 48.7 cm³/mol. The maximum Gasteiger partial charge on any atom is 0.328 e. The molecule has 0 unspecified atom stereocenters. The smallest absolute Gasteiger partial charge is 0.328 e. The van der Waals surface area contributed by atoms with Gasteiger partial charge in [0.25, 0.3) is 0 Å². The van der Waals surface area contributed by atoms with Crippen LogP contribution in [-0.4, -0.2) is 11.1 Å². The van der Waals surface area contributed by atoms with Crippen LogP contribution >= 0.6 is 27.3 Å². The van der Waals surface area contributed by atoms with Gasteiger partial charge in [-0.3, -0.25) is 0 Å². The van der Waals surface area contributed by atoms with E-state index in [4.69, 9.17) is 5.11 Å². The predicted octanol–water partition coefficient (Wildman–Crippen LogP) is 2.61. The molecule has 1 aromatic rings. The highest BCUT2D eigenvalue weighted by molar-refractivity contribution is 9.10. The quantitative estimate of drug-likeness (QED) is 0.797. The van der Waals surface area contributed by atoms with Gasteiger partial charge in [-0.15, -0.1) is 0 Å². The summed E-state index contributed by atoms with van der Waals surface area (Å²) in [6.45, 7) is 0. The number of aliphatic carboxylic acids is 1. The number of hydrogen-bond donors (Lipinski definition) is 1. The van der Waals surface area contributed by atoms with Gasteiger partial charge in [0.15, 0.2) is 0 Å². The Kier molecular flexibility index (Phi) is 2.84. The zero-order valence-electron chi connectivity index (χ0n) is 5.45. The summed E-state index contributed by atoms with van der Waals surface area (Å²) in [7, 11) is 0. The lowest BCUT2D eigenvalue weighted by Gasteiger charge is -1.84. The highest BCUT2D eigenvalue weighted by Gasteiger charge is 1.95. The second-order valence-corrected chi connectivity index (χ2v) is 3.44. The van der Waals surface area contributed by atoms with Gasteiger partial charge >= 0.3 is 5.97 Å². The van der Waals surface area contributed by atoms with E-state index in [-0.39, 0.29) is 0 Å². The molecule has 2 nitrogen and oxygen atoms in total. The number of carboxylic acid groups (broad SMARTS) is 1. The fourth-order valence-corrected chi connectivity index (χ4v) is 1.97. The second-order valence-electron chi connectivity index (χ2n) is 1.85. The summed E-state index contributed by atoms with van der Waals surface area (Å²) in [5, 5.41) is 12.1. The van der Waals surface area contributed by atoms with Crippen LogP contribution in [0.25, 0.3) is 6.08 Å². The summed E-state index contributed by atoms with van der Waals surface area (Å²) in [5.41, 5.74) is 0.900. The number of hydrogen-bond acceptors (Lipinski definition) is 2. The number of halogens is 1. The Balaban J connectivity index is 2.79. The zero-order valence-corrected chi connectivity index (χ0v) is 7.85. The van der Waals surface area contributed by atoms with Crippen molar-refractivity contribution in [3.8, 4) is 0 Å². The minimum absolute atomic E-state index is 0.900. The van der Waals surface area contributed by atoms with E-state index in [1.807, 2.05) is 10.8 Å². The van der Waals surface area contributed by atoms with E-state index in [1.54, 1.807) is 6.08 Å². The fraction of sp³-hybridized carbons (Fsp3) is 0. The van der Waals surface area contributed by atoms with Gasteiger partial charge in [-0.25, -0.2) is 4.79 Å². The highest BCUT2D eigenvalue weighted by atomic mass is 79.9. The molecule has 0 aliphatic rings. The third-order valence-electron chi connectivity index (χ3n) is 1.05. The molecule has 1 rings (SSSR count). The largest absolute Gasteiger partial charge is 0.478 e. The fourth-order valence-electron chi connectivity index (χ4n) is 0.571. The van der Waals surface area contributed by atoms with Gasteiger partial charge in [-0.1, -0.05) is 0 Å². The summed E-state index contributed by atoms with van der Waals surface area (Å²) in [6, 6.07) is 0. The molecule has 0 amide bonds. The van der Waals surface area contributed by atoms with E-state index >= 15 is 0 Å². The van der Waals surface area contributed by atoms with Gasteiger partial charge in [-0.2, -0.15) is 11.3 Å². The SMILES string of the molecule is O=C(O)C=Cc1cscc1Br. The third kappa shape index (κ3) is 2.48. The summed E-state index contributed by atoms with van der Waals surface area (Å²) >= 11 is 4.81. The molecule has 58 valence electrons. The molecule has 0 fully saturated rings. The van der Waals surface area contributed by atoms with Gasteiger partial charge in [-0.05, 0) is 32.9 Å². The van der Waals surface area contributed by atoms with Crippen LogP contribution in [0, 0.1) is 0 Å². The highest BCUT2D eigenvalue weighted by Crippen LogP contribution is 2.22. The van der Waals surface area contributed by atoms with E-state index in [9.17, 15) is 4.79 Å². The second kappa shape index (κ2) is 3.69. The van der Waals surface area contributed by atoms with Crippen molar-refractivity contribution in [2.24, 2.45) is 0 Å². The molecule has 0 atom stereocenters. The van der Waals surface area contributed by atoms with Crippen LogP contribution in [0.15, 0.2) is 21.3 Å². The molecule has 1 aromatic heterocycles. The van der Waals surface area contributed by atoms with Crippen LogP contribution in [0.1, 0.15) is 5.56 Å². The molecule has 0 bridgehead atoms. The number of rotatable bonds is 2. The van der Waals surface area contributed by atoms with Crippen molar-refractivity contribution in [2.75, 3.05) is 0 Å². The van der Waals surface area contributed by atoms with Gasteiger partial charge < -0.3 is 5.11 Å². The van der Waals surface area contributed by atoms with Crippen LogP contribution in [0.2, 0.25) is 0 Å². The molecule has 4 heteroatoms. The maximum atomic E-state index is 10.1. The normalized spacial score (nSPS) is 10.6. The topological polar surface area (TPSA) is 37.3 Å². The summed E-state index contributed by atoms with van der Waals surface area (Å²) < 4.78 is 0.931. The molecule has 1 N–H and O–H groups in total. The van der Waals surface area contributed by atoms with Crippen molar-refractivity contribution in [3.05, 3.63) is 26.9 Å². The van der Waals surface area contributed by atoms with Gasteiger partial charge in [0.05, 0.1) is 0 Å². The molecule has 0 spiro atoms. The van der Waals surface area contributed by atoms with Crippen LogP contribution in [0.5, 0.6) is 0 Å². The van der Waals surface area contributed by atoms with Crippen molar-refractivity contribution in [1.29, 1.82) is 0 Å². The first-order valence-corrected chi connectivity index (χ1v) is 4.56. The first-order valence-electron chi connectivity index (χ1n) is 2.83. The van der Waals surface area contributed by atoms with E-state index in [2.05, 4.69) is 15.9 Å². The average Bonchev–Trinajstić information content (AvgIpc) is 2.31. The van der Waals surface area contributed by atoms with Gasteiger partial charge in [0, 0.05) is 15.9 Å². The van der Waals surface area contributed by atoms with Crippen LogP contribution in [0.4, 0.5) is 0 Å². The lowest BCUT2D eigenvalue weighted by Crippen LogP contribution is -1.84. The zero-order chi connectivity index (χ0) is 8.27. The van der Waals surface area contributed by atoms with Crippen LogP contribution < -0.4 is 0 Å². The Morgan fingerprint density at radius 3 is 2.82 bits per heavy atom. The van der Waals surface area contributed by atoms with Gasteiger partial charge in [0.1, 0.15) is 0 Å². The first kappa shape index (κ1) is 8.49. The Bertz CT molecular complexity index is 290. The molecule has 0 radical (unpaired) electrons. The van der Waals surface area contributed by atoms with E-state index in [0.29, 0.717) is 0 Å². The summed E-state index contributed by atoms with van der Waals surface area (Å²) in [6.07, 6.45) is 2.68. The molecule has 0 aromatic carbocycles. The standard InChI is InChI=1S/C7H5BrO2S/c8-6-4-11-3-5(6)1-2-7(9)10/h1-4H,(H,9,10). The number of carboxylic acids is 1. The minimum Gasteiger partial charge on any atom is -0.478 e. The molecular formula is C7H5BrO2S. The van der Waals surface area contributed by atoms with Crippen LogP contribution in [0.3, 0.4) is 0 Å². The Morgan fingerprint density at radius 1 is 1.64 bits per heavy atom. The maximum absolute atomic E-state index is 10.1. The molecule has 11 heavy (non-hydrogen) atoms. The van der Waals surface area contributed by atoms with Crippen LogP contribution in [-0.2, 0) is 4.79 Å². The third-order valence-corrected chi connectivity index (χ3v) is 2.80. The number of carbonyl (C=O) groups is 1. The first-order chi connectivity index (χ1) is 5.20. The van der Waals surface area contributed by atoms with Crippen molar-refractivity contribution in [3.63, 3.8) is 0 Å². The Morgan fingerprint density at radius 2 is 2.36 bits per heavy atom. The monoisotopic (exact) mass is 232 g/mol. The van der Waals surface area contributed by atoms with E-state index in [1.165, 1.54) is 11.3 Å². The average molecular weight is 233 g/mol. The number of thiophene rings is 1. The summed E-state index contributed by atoms with van der Waals surface area (Å²) in [5.74, 6) is -0.928. The lowest BCUT2D eigenvalue weighted by atomic mass is 10.3. The van der Waals surface area contributed by atoms with Crippen molar-refractivity contribution in [1.82, 2.24) is 0 Å². The Hall–Kier alpha value is -0.610. The molecule has 0 saturated carbocycles. The molecule has 0 aliphatic heterocycles. The summed E-state index contributed by atoms with van der Waals surface area (Å²) in [4.78, 5) is 10.1. The minimum atomic E-state index is -0.928. The van der Waals surface area contributed by atoms with Crippen molar-refractivity contribution >= 4 is 39.3 Å². The Labute approximate surface area is 76.3 Å². The van der Waals surface area contributed by atoms with Crippen molar-refractivity contribution < 1.29 is 9.90 Å². The molecule has 0 saturated heterocycles. The van der Waals surface area contributed by atoms with Gasteiger partial charge in [0.2, 0.25) is 0 Å². The lowest BCUT2D eigenvalue weighted by molar-refractivity contribution is -0.131. The van der Waals surface area contributed by atoms with E-state index in [0.717, 1.165) is 16.1 Å². The van der Waals surface area contributed by atoms with E-state index < -0.39 is 5.97 Å². The van der Waals surface area contributed by atoms with Crippen molar-refractivity contribution in [2.45, 2.75) is 0 Å². The molecule has 1 heterocycles. The molecule has 0 aliphatic carbocycles.